The number of nitrogens with zero attached hydrogens (tertiary/aromatic N) is 2. The smallest absolute Gasteiger partial charge is 0.404 e. The molecule has 0 aromatic heterocycles. The van der Waals surface area contributed by atoms with Gasteiger partial charge in [-0.1, -0.05) is 29.3 Å². The minimum absolute atomic E-state index is 0.0398. The van der Waals surface area contributed by atoms with Crippen LogP contribution in [0.25, 0.3) is 0 Å². The van der Waals surface area contributed by atoms with Gasteiger partial charge >= 0.3 is 6.09 Å². The number of halogens is 4. The molecule has 254 valence electrons. The second-order valence-corrected chi connectivity index (χ2v) is 13.0. The van der Waals surface area contributed by atoms with Gasteiger partial charge in [0.05, 0.1) is 15.7 Å². The van der Waals surface area contributed by atoms with E-state index in [-0.39, 0.29) is 60.9 Å². The van der Waals surface area contributed by atoms with Crippen LogP contribution >= 0.6 is 23.2 Å². The number of anilines is 1. The molecule has 2 aromatic rings. The number of carbonyl (C=O) groups excluding carboxylic acids is 4. The summed E-state index contributed by atoms with van der Waals surface area (Å²) in [4.78, 5) is 68.0. The molecule has 11 nitrogen and oxygen atoms in total. The summed E-state index contributed by atoms with van der Waals surface area (Å²) in [6.45, 7) is 4.28. The molecule has 15 heteroatoms. The van der Waals surface area contributed by atoms with E-state index in [0.717, 1.165) is 19.3 Å². The summed E-state index contributed by atoms with van der Waals surface area (Å²) in [5.74, 6) is -3.85. The Kier molecular flexibility index (Phi) is 11.7. The van der Waals surface area contributed by atoms with Crippen molar-refractivity contribution >= 4 is 58.6 Å². The van der Waals surface area contributed by atoms with E-state index in [0.29, 0.717) is 17.7 Å². The lowest BCUT2D eigenvalue weighted by molar-refractivity contribution is -0.145. The topological polar surface area (TPSA) is 148 Å². The largest absolute Gasteiger partial charge is 0.465 e. The van der Waals surface area contributed by atoms with Crippen LogP contribution in [0.2, 0.25) is 10.0 Å². The molecule has 0 spiro atoms. The maximum absolute atomic E-state index is 14.7. The minimum Gasteiger partial charge on any atom is -0.465 e. The fourth-order valence-corrected chi connectivity index (χ4v) is 6.28. The Hall–Kier alpha value is -3.97. The highest BCUT2D eigenvalue weighted by molar-refractivity contribution is 6.42. The Morgan fingerprint density at radius 3 is 2.45 bits per heavy atom. The Balaban J connectivity index is 1.54. The van der Waals surface area contributed by atoms with Crippen LogP contribution in [0.15, 0.2) is 30.3 Å². The van der Waals surface area contributed by atoms with Crippen molar-refractivity contribution < 1.29 is 37.9 Å². The molecule has 2 atom stereocenters. The minimum atomic E-state index is -1.39. The second-order valence-electron chi connectivity index (χ2n) is 12.3. The van der Waals surface area contributed by atoms with E-state index in [1.165, 1.54) is 35.2 Å². The summed E-state index contributed by atoms with van der Waals surface area (Å²) in [5, 5.41) is 15.5. The Morgan fingerprint density at radius 2 is 1.74 bits per heavy atom. The summed E-state index contributed by atoms with van der Waals surface area (Å²) >= 11 is 11.7. The standard InChI is InChI=1S/C32H37Cl2F2N5O6/c1-32(2)12-3-4-14-41(32)26(43)10-9-25(42)40-17-18-5-6-20(35)15-19(18)16-24(40)30(45)39-23(11-13-37-31(46)47)29(44)38-22-8-7-21(33)27(34)28(22)36/h5-8,15,23-24,37H,3-4,9-14,16-17H2,1-2H3,(H,38,44)(H,39,45)(H,46,47)/t23?,24-/m0/s1. The van der Waals surface area contributed by atoms with Crippen molar-refractivity contribution in [3.8, 4) is 0 Å². The SMILES string of the molecule is CC1(C)CCCCN1C(=O)CCC(=O)N1Cc2ccc(F)cc2C[C@H]1C(=O)NC(CCNC(=O)O)C(=O)Nc1ccc(Cl)c(Cl)c1F. The molecule has 47 heavy (non-hydrogen) atoms. The Bertz CT molecular complexity index is 1560. The van der Waals surface area contributed by atoms with Crippen LogP contribution in [-0.4, -0.2) is 75.3 Å². The maximum atomic E-state index is 14.7. The first kappa shape index (κ1) is 35.9. The summed E-state index contributed by atoms with van der Waals surface area (Å²) in [7, 11) is 0. The third-order valence-corrected chi connectivity index (χ3v) is 9.34. The van der Waals surface area contributed by atoms with Gasteiger partial charge in [0.25, 0.3) is 0 Å². The molecular weight excluding hydrogens is 659 g/mol. The predicted octanol–water partition coefficient (Wildman–Crippen LogP) is 4.88. The van der Waals surface area contributed by atoms with Crippen molar-refractivity contribution in [2.45, 2.75) is 83.0 Å². The third-order valence-electron chi connectivity index (χ3n) is 8.56. The summed E-state index contributed by atoms with van der Waals surface area (Å²) in [6, 6.07) is 3.91. The lowest BCUT2D eigenvalue weighted by Gasteiger charge is -2.42. The second kappa shape index (κ2) is 15.3. The fourth-order valence-electron chi connectivity index (χ4n) is 5.97. The maximum Gasteiger partial charge on any atom is 0.404 e. The lowest BCUT2D eigenvalue weighted by atomic mass is 9.90. The van der Waals surface area contributed by atoms with Gasteiger partial charge in [-0.25, -0.2) is 13.6 Å². The number of piperidine rings is 1. The first-order valence-corrected chi connectivity index (χ1v) is 16.0. The number of nitrogens with one attached hydrogen (secondary N) is 3. The van der Waals surface area contributed by atoms with E-state index >= 15 is 0 Å². The van der Waals surface area contributed by atoms with Gasteiger partial charge in [-0.15, -0.1) is 0 Å². The molecule has 1 unspecified atom stereocenters. The zero-order chi connectivity index (χ0) is 34.5. The normalized spacial score (nSPS) is 17.7. The van der Waals surface area contributed by atoms with Crippen molar-refractivity contribution in [3.63, 3.8) is 0 Å². The van der Waals surface area contributed by atoms with E-state index in [1.807, 2.05) is 13.8 Å². The van der Waals surface area contributed by atoms with Crippen molar-refractivity contribution in [1.82, 2.24) is 20.4 Å². The molecule has 4 rings (SSSR count). The van der Waals surface area contributed by atoms with E-state index in [1.54, 1.807) is 4.90 Å². The molecule has 1 saturated heterocycles. The monoisotopic (exact) mass is 695 g/mol. The van der Waals surface area contributed by atoms with E-state index in [2.05, 4.69) is 16.0 Å². The van der Waals surface area contributed by atoms with E-state index in [4.69, 9.17) is 28.3 Å². The third kappa shape index (κ3) is 8.89. The molecule has 2 aliphatic heterocycles. The van der Waals surface area contributed by atoms with Crippen molar-refractivity contribution in [1.29, 1.82) is 0 Å². The molecule has 5 amide bonds. The summed E-state index contributed by atoms with van der Waals surface area (Å²) in [5.41, 5.74) is 0.463. The number of carboxylic acid groups (broad SMARTS) is 1. The molecule has 2 aromatic carbocycles. The van der Waals surface area contributed by atoms with Gasteiger partial charge in [-0.05, 0) is 74.9 Å². The average Bonchev–Trinajstić information content (AvgIpc) is 3.02. The fraction of sp³-hybridized carbons (Fsp3) is 0.469. The highest BCUT2D eigenvalue weighted by Gasteiger charge is 2.38. The molecule has 0 radical (unpaired) electrons. The summed E-state index contributed by atoms with van der Waals surface area (Å²) in [6.07, 6.45) is 0.811. The molecule has 2 aliphatic rings. The molecule has 0 saturated carbocycles. The first-order chi connectivity index (χ1) is 22.2. The highest BCUT2D eigenvalue weighted by atomic mass is 35.5. The van der Waals surface area contributed by atoms with Crippen LogP contribution in [0, 0.1) is 11.6 Å². The van der Waals surface area contributed by atoms with Gasteiger partial charge in [0.2, 0.25) is 23.6 Å². The van der Waals surface area contributed by atoms with Crippen LogP contribution in [0.5, 0.6) is 0 Å². The number of likely N-dealkylation sites (tertiary alicyclic amines) is 1. The quantitative estimate of drug-likeness (QED) is 0.261. The lowest BCUT2D eigenvalue weighted by Crippen LogP contribution is -2.56. The van der Waals surface area contributed by atoms with Gasteiger partial charge in [0.1, 0.15) is 17.9 Å². The van der Waals surface area contributed by atoms with Gasteiger partial charge < -0.3 is 30.9 Å². The molecule has 0 bridgehead atoms. The van der Waals surface area contributed by atoms with Gasteiger partial charge in [-0.2, -0.15) is 0 Å². The van der Waals surface area contributed by atoms with Crippen molar-refractivity contribution in [3.05, 3.63) is 63.1 Å². The van der Waals surface area contributed by atoms with Crippen LogP contribution < -0.4 is 16.0 Å². The zero-order valence-corrected chi connectivity index (χ0v) is 27.5. The van der Waals surface area contributed by atoms with Crippen LogP contribution in [0.3, 0.4) is 0 Å². The number of benzene rings is 2. The van der Waals surface area contributed by atoms with E-state index in [9.17, 15) is 32.8 Å². The Labute approximate surface area is 280 Å². The predicted molar refractivity (Wildman–Crippen MR) is 171 cm³/mol. The van der Waals surface area contributed by atoms with E-state index < -0.39 is 52.6 Å². The number of fused-ring (bicyclic) bond motifs is 1. The number of amides is 5. The van der Waals surface area contributed by atoms with Crippen molar-refractivity contribution in [2.24, 2.45) is 0 Å². The Morgan fingerprint density at radius 1 is 1.02 bits per heavy atom. The molecule has 0 aliphatic carbocycles. The van der Waals surface area contributed by atoms with Crippen LogP contribution in [0.4, 0.5) is 19.3 Å². The zero-order valence-electron chi connectivity index (χ0n) is 26.0. The van der Waals surface area contributed by atoms with Crippen LogP contribution in [0.1, 0.15) is 63.5 Å². The van der Waals surface area contributed by atoms with Crippen molar-refractivity contribution in [2.75, 3.05) is 18.4 Å². The van der Waals surface area contributed by atoms with Gasteiger partial charge in [-0.3, -0.25) is 19.2 Å². The van der Waals surface area contributed by atoms with Gasteiger partial charge in [0.15, 0.2) is 5.82 Å². The molecular formula is C32H37Cl2F2N5O6. The molecule has 4 N–H and O–H groups in total. The number of carbonyl (C=O) groups is 5. The average molecular weight is 697 g/mol. The van der Waals surface area contributed by atoms with Gasteiger partial charge in [0, 0.05) is 44.4 Å². The number of hydrogen-bond donors (Lipinski definition) is 4. The first-order valence-electron chi connectivity index (χ1n) is 15.3. The number of rotatable bonds is 10. The highest BCUT2D eigenvalue weighted by Crippen LogP contribution is 2.31. The summed E-state index contributed by atoms with van der Waals surface area (Å²) < 4.78 is 28.9. The molecule has 2 heterocycles. The molecule has 1 fully saturated rings. The van der Waals surface area contributed by atoms with Crippen LogP contribution in [-0.2, 0) is 32.1 Å². The number of hydrogen-bond acceptors (Lipinski definition) is 5.